The van der Waals surface area contributed by atoms with Crippen molar-refractivity contribution in [3.63, 3.8) is 0 Å². The zero-order chi connectivity index (χ0) is 17.3. The molecule has 2 aromatic heterocycles. The van der Waals surface area contributed by atoms with Gasteiger partial charge in [0.25, 0.3) is 5.78 Å². The molecule has 3 rings (SSSR count). The number of halogens is 1. The fraction of sp³-hybridized carbons (Fsp3) is 0.294. The summed E-state index contributed by atoms with van der Waals surface area (Å²) >= 11 is 6.15. The number of rotatable bonds is 4. The van der Waals surface area contributed by atoms with Crippen LogP contribution in [0.1, 0.15) is 28.9 Å². The molecule has 1 amide bonds. The van der Waals surface area contributed by atoms with Crippen LogP contribution in [0.4, 0.5) is 5.69 Å². The fourth-order valence-corrected chi connectivity index (χ4v) is 2.97. The predicted molar refractivity (Wildman–Crippen MR) is 93.4 cm³/mol. The number of carbonyl (C=O) groups is 1. The van der Waals surface area contributed by atoms with Gasteiger partial charge in [0.2, 0.25) is 5.91 Å². The van der Waals surface area contributed by atoms with Crippen molar-refractivity contribution in [2.75, 3.05) is 5.32 Å². The molecule has 0 atom stereocenters. The summed E-state index contributed by atoms with van der Waals surface area (Å²) in [6.45, 7) is 5.84. The lowest BCUT2D eigenvalue weighted by molar-refractivity contribution is -0.116. The maximum absolute atomic E-state index is 12.2. The lowest BCUT2D eigenvalue weighted by atomic mass is 10.1. The van der Waals surface area contributed by atoms with Crippen LogP contribution in [0.25, 0.3) is 5.78 Å². The molecular weight excluding hydrogens is 326 g/mol. The Balaban J connectivity index is 1.72. The largest absolute Gasteiger partial charge is 0.325 e. The van der Waals surface area contributed by atoms with Crippen LogP contribution in [0, 0.1) is 20.8 Å². The van der Waals surface area contributed by atoms with Crippen LogP contribution in [0.2, 0.25) is 5.02 Å². The quantitative estimate of drug-likeness (QED) is 0.789. The average molecular weight is 344 g/mol. The maximum Gasteiger partial charge on any atom is 0.252 e. The van der Waals surface area contributed by atoms with Crippen LogP contribution < -0.4 is 5.32 Å². The fourth-order valence-electron chi connectivity index (χ4n) is 2.69. The summed E-state index contributed by atoms with van der Waals surface area (Å²) in [7, 11) is 0. The summed E-state index contributed by atoms with van der Waals surface area (Å²) in [6, 6.07) is 5.56. The second-order valence-electron chi connectivity index (χ2n) is 5.76. The monoisotopic (exact) mass is 343 g/mol. The molecule has 0 spiro atoms. The summed E-state index contributed by atoms with van der Waals surface area (Å²) in [5.41, 5.74) is 4.52. The Labute approximate surface area is 144 Å². The smallest absolute Gasteiger partial charge is 0.252 e. The van der Waals surface area contributed by atoms with Crippen molar-refractivity contribution in [1.29, 1.82) is 0 Å². The Morgan fingerprint density at radius 1 is 1.29 bits per heavy atom. The Morgan fingerprint density at radius 3 is 2.83 bits per heavy atom. The number of aryl methyl sites for hydroxylation is 3. The maximum atomic E-state index is 12.2. The van der Waals surface area contributed by atoms with Gasteiger partial charge in [-0.05, 0) is 50.5 Å². The molecule has 7 heteroatoms. The van der Waals surface area contributed by atoms with Crippen LogP contribution in [0.15, 0.2) is 24.5 Å². The summed E-state index contributed by atoms with van der Waals surface area (Å²) in [5.74, 6) is 0.489. The molecule has 6 nitrogen and oxygen atoms in total. The van der Waals surface area contributed by atoms with Crippen LogP contribution in [0.5, 0.6) is 0 Å². The summed E-state index contributed by atoms with van der Waals surface area (Å²) in [4.78, 5) is 20.7. The van der Waals surface area contributed by atoms with Crippen molar-refractivity contribution >= 4 is 29.0 Å². The minimum absolute atomic E-state index is 0.0850. The first-order chi connectivity index (χ1) is 11.5. The Bertz CT molecular complexity index is 919. The molecule has 0 aliphatic rings. The zero-order valence-electron chi connectivity index (χ0n) is 13.8. The number of carbonyl (C=O) groups excluding carboxylic acids is 1. The molecule has 1 aromatic carbocycles. The third kappa shape index (κ3) is 3.23. The third-order valence-corrected chi connectivity index (χ3v) is 4.30. The van der Waals surface area contributed by atoms with E-state index in [1.165, 1.54) is 6.33 Å². The van der Waals surface area contributed by atoms with E-state index in [1.807, 2.05) is 39.0 Å². The number of hydrogen-bond donors (Lipinski definition) is 1. The molecule has 1 N–H and O–H groups in total. The number of benzene rings is 1. The lowest BCUT2D eigenvalue weighted by Crippen LogP contribution is -2.14. The lowest BCUT2D eigenvalue weighted by Gasteiger charge is -2.11. The van der Waals surface area contributed by atoms with Crippen molar-refractivity contribution in [1.82, 2.24) is 19.6 Å². The number of hydrogen-bond acceptors (Lipinski definition) is 4. The number of amides is 1. The van der Waals surface area contributed by atoms with E-state index in [1.54, 1.807) is 4.52 Å². The van der Waals surface area contributed by atoms with Crippen molar-refractivity contribution in [2.45, 2.75) is 33.6 Å². The second kappa shape index (κ2) is 6.57. The molecule has 2 heterocycles. The van der Waals surface area contributed by atoms with Crippen molar-refractivity contribution in [3.8, 4) is 0 Å². The third-order valence-electron chi connectivity index (χ3n) is 3.99. The molecule has 0 bridgehead atoms. The number of anilines is 1. The first-order valence-electron chi connectivity index (χ1n) is 7.67. The van der Waals surface area contributed by atoms with E-state index in [9.17, 15) is 4.79 Å². The SMILES string of the molecule is Cc1ccc(NC(=O)CCc2c(C)nc3ncnn3c2C)c(Cl)c1. The molecule has 124 valence electrons. The molecule has 3 aromatic rings. The summed E-state index contributed by atoms with van der Waals surface area (Å²) < 4.78 is 1.69. The van der Waals surface area contributed by atoms with Gasteiger partial charge in [-0.2, -0.15) is 10.1 Å². The van der Waals surface area contributed by atoms with E-state index in [-0.39, 0.29) is 5.91 Å². The molecule has 0 aliphatic heterocycles. The van der Waals surface area contributed by atoms with Crippen LogP contribution >= 0.6 is 11.6 Å². The molecule has 0 aliphatic carbocycles. The summed E-state index contributed by atoms with van der Waals surface area (Å²) in [6.07, 6.45) is 2.40. The second-order valence-corrected chi connectivity index (χ2v) is 6.17. The van der Waals surface area contributed by atoms with Crippen LogP contribution in [-0.4, -0.2) is 25.5 Å². The molecule has 0 saturated carbocycles. The minimum atomic E-state index is -0.0850. The first-order valence-corrected chi connectivity index (χ1v) is 8.05. The van der Waals surface area contributed by atoms with Crippen molar-refractivity contribution in [3.05, 3.63) is 52.1 Å². The van der Waals surface area contributed by atoms with Gasteiger partial charge in [-0.3, -0.25) is 4.79 Å². The van der Waals surface area contributed by atoms with Gasteiger partial charge in [-0.15, -0.1) is 0 Å². The van der Waals surface area contributed by atoms with Gasteiger partial charge in [0.1, 0.15) is 6.33 Å². The van der Waals surface area contributed by atoms with E-state index >= 15 is 0 Å². The first kappa shape index (κ1) is 16.4. The topological polar surface area (TPSA) is 72.2 Å². The average Bonchev–Trinajstić information content (AvgIpc) is 2.98. The van der Waals surface area contributed by atoms with E-state index in [4.69, 9.17) is 11.6 Å². The number of aromatic nitrogens is 4. The van der Waals surface area contributed by atoms with Crippen LogP contribution in [0.3, 0.4) is 0 Å². The Hall–Kier alpha value is -2.47. The number of nitrogens with zero attached hydrogens (tertiary/aromatic N) is 4. The van der Waals surface area contributed by atoms with Gasteiger partial charge in [0.15, 0.2) is 0 Å². The Morgan fingerprint density at radius 2 is 2.08 bits per heavy atom. The molecular formula is C17H18ClN5O. The highest BCUT2D eigenvalue weighted by atomic mass is 35.5. The molecule has 0 saturated heterocycles. The zero-order valence-corrected chi connectivity index (χ0v) is 14.6. The standard InChI is InChI=1S/C17H18ClN5O/c1-10-4-6-15(14(18)8-10)22-16(24)7-5-13-11(2)21-17-19-9-20-23(17)12(13)3/h4,6,8-9H,5,7H2,1-3H3,(H,22,24). The van der Waals surface area contributed by atoms with Gasteiger partial charge in [-0.25, -0.2) is 9.50 Å². The van der Waals surface area contributed by atoms with Crippen LogP contribution in [-0.2, 0) is 11.2 Å². The van der Waals surface area contributed by atoms with Gasteiger partial charge in [-0.1, -0.05) is 17.7 Å². The van der Waals surface area contributed by atoms with Gasteiger partial charge < -0.3 is 5.32 Å². The van der Waals surface area contributed by atoms with Gasteiger partial charge in [0.05, 0.1) is 10.7 Å². The van der Waals surface area contributed by atoms with Gasteiger partial charge in [0, 0.05) is 17.8 Å². The molecule has 0 radical (unpaired) electrons. The molecule has 0 fully saturated rings. The van der Waals surface area contributed by atoms with E-state index in [2.05, 4.69) is 20.4 Å². The predicted octanol–water partition coefficient (Wildman–Crippen LogP) is 3.27. The van der Waals surface area contributed by atoms with E-state index in [0.29, 0.717) is 29.3 Å². The molecule has 24 heavy (non-hydrogen) atoms. The molecule has 0 unspecified atom stereocenters. The van der Waals surface area contributed by atoms with E-state index in [0.717, 1.165) is 22.5 Å². The summed E-state index contributed by atoms with van der Waals surface area (Å²) in [5, 5.41) is 7.56. The highest BCUT2D eigenvalue weighted by Crippen LogP contribution is 2.23. The minimum Gasteiger partial charge on any atom is -0.325 e. The Kier molecular flexibility index (Phi) is 4.49. The van der Waals surface area contributed by atoms with E-state index < -0.39 is 0 Å². The number of fused-ring (bicyclic) bond motifs is 1. The highest BCUT2D eigenvalue weighted by molar-refractivity contribution is 6.33. The van der Waals surface area contributed by atoms with Crippen molar-refractivity contribution < 1.29 is 4.79 Å². The highest BCUT2D eigenvalue weighted by Gasteiger charge is 2.13. The number of nitrogens with one attached hydrogen (secondary N) is 1. The normalized spacial score (nSPS) is 11.0. The van der Waals surface area contributed by atoms with Gasteiger partial charge >= 0.3 is 0 Å². The van der Waals surface area contributed by atoms with Crippen molar-refractivity contribution in [2.24, 2.45) is 0 Å².